The Bertz CT molecular complexity index is 496. The first-order valence-corrected chi connectivity index (χ1v) is 6.05. The molecule has 1 unspecified atom stereocenters. The van der Waals surface area contributed by atoms with Crippen molar-refractivity contribution >= 4 is 15.9 Å². The van der Waals surface area contributed by atoms with E-state index < -0.39 is 0 Å². The molecule has 1 atom stereocenters. The quantitative estimate of drug-likeness (QED) is 0.659. The molecule has 2 heterocycles. The largest absolute Gasteiger partial charge is 0.276 e. The fraction of sp³-hybridized carbons (Fsp3) is 0.273. The summed E-state index contributed by atoms with van der Waals surface area (Å²) in [6, 6.07) is 5.74. The third kappa shape index (κ3) is 2.91. The van der Waals surface area contributed by atoms with E-state index in [1.54, 1.807) is 10.9 Å². The summed E-state index contributed by atoms with van der Waals surface area (Å²) in [5.41, 5.74) is 4.64. The van der Waals surface area contributed by atoms with Gasteiger partial charge in [-0.25, -0.2) is 0 Å². The number of halogens is 1. The number of pyridine rings is 1. The second kappa shape index (κ2) is 5.39. The lowest BCUT2D eigenvalue weighted by atomic mass is 10.1. The minimum absolute atomic E-state index is 0.0551. The molecule has 2 aromatic heterocycles. The van der Waals surface area contributed by atoms with Crippen LogP contribution in [-0.2, 0) is 13.5 Å². The van der Waals surface area contributed by atoms with Crippen LogP contribution in [0.1, 0.15) is 17.4 Å². The topological polar surface area (TPSA) is 68.8 Å². The summed E-state index contributed by atoms with van der Waals surface area (Å²) < 4.78 is 2.72. The predicted octanol–water partition coefficient (Wildman–Crippen LogP) is 1.32. The van der Waals surface area contributed by atoms with Crippen LogP contribution in [-0.4, -0.2) is 14.8 Å². The van der Waals surface area contributed by atoms with Crippen molar-refractivity contribution in [2.24, 2.45) is 12.9 Å². The normalized spacial score (nSPS) is 12.6. The Morgan fingerprint density at radius 3 is 2.94 bits per heavy atom. The van der Waals surface area contributed by atoms with Gasteiger partial charge in [-0.3, -0.25) is 20.9 Å². The maximum atomic E-state index is 5.58. The molecule has 0 aliphatic heterocycles. The Labute approximate surface area is 108 Å². The van der Waals surface area contributed by atoms with Crippen molar-refractivity contribution in [3.63, 3.8) is 0 Å². The Hall–Kier alpha value is -1.24. The van der Waals surface area contributed by atoms with E-state index in [4.69, 9.17) is 5.84 Å². The Balaban J connectivity index is 2.20. The van der Waals surface area contributed by atoms with Gasteiger partial charge in [-0.05, 0) is 34.1 Å². The Morgan fingerprint density at radius 1 is 1.53 bits per heavy atom. The van der Waals surface area contributed by atoms with E-state index in [0.717, 1.165) is 15.9 Å². The van der Waals surface area contributed by atoms with E-state index in [-0.39, 0.29) is 6.04 Å². The average molecular weight is 296 g/mol. The molecule has 0 saturated carbocycles. The average Bonchev–Trinajstić information content (AvgIpc) is 2.73. The van der Waals surface area contributed by atoms with E-state index in [2.05, 4.69) is 31.4 Å². The molecule has 0 aliphatic rings. The van der Waals surface area contributed by atoms with E-state index in [1.165, 1.54) is 0 Å². The van der Waals surface area contributed by atoms with Crippen LogP contribution in [0, 0.1) is 0 Å². The molecule has 0 fully saturated rings. The highest BCUT2D eigenvalue weighted by molar-refractivity contribution is 9.10. The highest BCUT2D eigenvalue weighted by Crippen LogP contribution is 2.22. The van der Waals surface area contributed by atoms with Crippen molar-refractivity contribution in [2.75, 3.05) is 0 Å². The number of nitrogens with two attached hydrogens (primary N) is 1. The summed E-state index contributed by atoms with van der Waals surface area (Å²) >= 11 is 3.47. The Morgan fingerprint density at radius 2 is 2.35 bits per heavy atom. The van der Waals surface area contributed by atoms with E-state index in [9.17, 15) is 0 Å². The van der Waals surface area contributed by atoms with Crippen molar-refractivity contribution in [3.8, 4) is 0 Å². The number of hydrogen-bond acceptors (Lipinski definition) is 4. The third-order valence-electron chi connectivity index (χ3n) is 2.50. The molecule has 0 radical (unpaired) electrons. The van der Waals surface area contributed by atoms with Crippen molar-refractivity contribution in [2.45, 2.75) is 12.5 Å². The molecule has 2 aromatic rings. The minimum Gasteiger partial charge on any atom is -0.276 e. The third-order valence-corrected chi connectivity index (χ3v) is 3.17. The molecule has 17 heavy (non-hydrogen) atoms. The maximum Gasteiger partial charge on any atom is 0.0732 e. The number of nitrogens with one attached hydrogen (secondary N) is 1. The number of hydrazine groups is 1. The van der Waals surface area contributed by atoms with Gasteiger partial charge in [0.2, 0.25) is 0 Å². The first kappa shape index (κ1) is 12.2. The lowest BCUT2D eigenvalue weighted by Crippen LogP contribution is -2.30. The van der Waals surface area contributed by atoms with E-state index >= 15 is 0 Å². The summed E-state index contributed by atoms with van der Waals surface area (Å²) in [6.07, 6.45) is 4.37. The van der Waals surface area contributed by atoms with Crippen LogP contribution in [0.2, 0.25) is 0 Å². The van der Waals surface area contributed by atoms with Crippen LogP contribution < -0.4 is 11.3 Å². The van der Waals surface area contributed by atoms with E-state index in [1.807, 2.05) is 31.4 Å². The van der Waals surface area contributed by atoms with Crippen LogP contribution in [0.5, 0.6) is 0 Å². The van der Waals surface area contributed by atoms with Crippen LogP contribution in [0.15, 0.2) is 35.1 Å². The molecule has 0 amide bonds. The molecular weight excluding hydrogens is 282 g/mol. The number of aromatic nitrogens is 3. The van der Waals surface area contributed by atoms with Gasteiger partial charge in [0.15, 0.2) is 0 Å². The van der Waals surface area contributed by atoms with Crippen molar-refractivity contribution < 1.29 is 0 Å². The van der Waals surface area contributed by atoms with Gasteiger partial charge in [-0.2, -0.15) is 5.10 Å². The fourth-order valence-corrected chi connectivity index (χ4v) is 2.20. The number of hydrogen-bond donors (Lipinski definition) is 2. The molecule has 2 rings (SSSR count). The molecule has 0 saturated heterocycles. The van der Waals surface area contributed by atoms with Gasteiger partial charge >= 0.3 is 0 Å². The van der Waals surface area contributed by atoms with Gasteiger partial charge in [-0.1, -0.05) is 0 Å². The van der Waals surface area contributed by atoms with Gasteiger partial charge in [0, 0.05) is 30.3 Å². The molecule has 0 aromatic carbocycles. The van der Waals surface area contributed by atoms with Crippen molar-refractivity contribution in [3.05, 3.63) is 46.5 Å². The summed E-state index contributed by atoms with van der Waals surface area (Å²) in [5, 5.41) is 4.33. The van der Waals surface area contributed by atoms with Gasteiger partial charge in [0.25, 0.3) is 0 Å². The lowest BCUT2D eigenvalue weighted by molar-refractivity contribution is 0.526. The van der Waals surface area contributed by atoms with Crippen LogP contribution in [0.4, 0.5) is 0 Å². The Kier molecular flexibility index (Phi) is 3.88. The summed E-state index contributed by atoms with van der Waals surface area (Å²) in [7, 11) is 1.89. The second-order valence-electron chi connectivity index (χ2n) is 3.77. The highest BCUT2D eigenvalue weighted by Gasteiger charge is 2.16. The molecule has 5 nitrogen and oxygen atoms in total. The zero-order valence-electron chi connectivity index (χ0n) is 9.47. The molecule has 3 N–H and O–H groups in total. The maximum absolute atomic E-state index is 5.58. The SMILES string of the molecule is Cn1ccc(CC(NN)c2ncccc2Br)n1. The summed E-state index contributed by atoms with van der Waals surface area (Å²) in [4.78, 5) is 4.33. The molecule has 6 heteroatoms. The van der Waals surface area contributed by atoms with Crippen LogP contribution in [0.25, 0.3) is 0 Å². The summed E-state index contributed by atoms with van der Waals surface area (Å²) in [6.45, 7) is 0. The zero-order valence-corrected chi connectivity index (χ0v) is 11.1. The molecular formula is C11H14BrN5. The molecule has 0 bridgehead atoms. The van der Waals surface area contributed by atoms with Gasteiger partial charge in [-0.15, -0.1) is 0 Å². The fourth-order valence-electron chi connectivity index (χ4n) is 1.67. The minimum atomic E-state index is -0.0551. The molecule has 0 aliphatic carbocycles. The number of nitrogens with zero attached hydrogens (tertiary/aromatic N) is 3. The first-order chi connectivity index (χ1) is 8.20. The summed E-state index contributed by atoms with van der Waals surface area (Å²) in [5.74, 6) is 5.58. The predicted molar refractivity (Wildman–Crippen MR) is 68.9 cm³/mol. The van der Waals surface area contributed by atoms with Gasteiger partial charge in [0.1, 0.15) is 0 Å². The van der Waals surface area contributed by atoms with Crippen LogP contribution in [0.3, 0.4) is 0 Å². The number of rotatable bonds is 4. The van der Waals surface area contributed by atoms with Gasteiger partial charge in [0.05, 0.1) is 17.4 Å². The monoisotopic (exact) mass is 295 g/mol. The smallest absolute Gasteiger partial charge is 0.0732 e. The molecule has 90 valence electrons. The van der Waals surface area contributed by atoms with E-state index in [0.29, 0.717) is 6.42 Å². The number of aryl methyl sites for hydroxylation is 1. The first-order valence-electron chi connectivity index (χ1n) is 5.25. The zero-order chi connectivity index (χ0) is 12.3. The van der Waals surface area contributed by atoms with Gasteiger partial charge < -0.3 is 0 Å². The second-order valence-corrected chi connectivity index (χ2v) is 4.63. The van der Waals surface area contributed by atoms with Crippen LogP contribution >= 0.6 is 15.9 Å². The van der Waals surface area contributed by atoms with Crippen molar-refractivity contribution in [1.82, 2.24) is 20.2 Å². The lowest BCUT2D eigenvalue weighted by Gasteiger charge is -2.15. The van der Waals surface area contributed by atoms with Crippen molar-refractivity contribution in [1.29, 1.82) is 0 Å². The molecule has 0 spiro atoms. The standard InChI is InChI=1S/C11H14BrN5/c1-17-6-4-8(16-17)7-10(15-13)11-9(12)3-2-5-14-11/h2-6,10,15H,7,13H2,1H3. The highest BCUT2D eigenvalue weighted by atomic mass is 79.9.